The van der Waals surface area contributed by atoms with E-state index >= 15 is 0 Å². The van der Waals surface area contributed by atoms with Crippen LogP contribution in [0.25, 0.3) is 16.7 Å². The summed E-state index contributed by atoms with van der Waals surface area (Å²) in [6.07, 6.45) is 4.00. The lowest BCUT2D eigenvalue weighted by molar-refractivity contribution is 0.0129. The zero-order valence-corrected chi connectivity index (χ0v) is 21.0. The minimum atomic E-state index is -0.874. The number of ether oxygens (including phenoxy) is 1. The van der Waals surface area contributed by atoms with E-state index in [1.807, 2.05) is 61.0 Å². The van der Waals surface area contributed by atoms with Crippen molar-refractivity contribution in [1.82, 2.24) is 19.8 Å². The summed E-state index contributed by atoms with van der Waals surface area (Å²) in [6.45, 7) is 10.5. The monoisotopic (exact) mass is 478 g/mol. The highest BCUT2D eigenvalue weighted by molar-refractivity contribution is 5.98. The van der Waals surface area contributed by atoms with Crippen molar-refractivity contribution < 1.29 is 19.4 Å². The van der Waals surface area contributed by atoms with E-state index in [9.17, 15) is 14.7 Å². The molecule has 0 bridgehead atoms. The second-order valence-corrected chi connectivity index (χ2v) is 10.6. The quantitative estimate of drug-likeness (QED) is 0.532. The first-order valence-corrected chi connectivity index (χ1v) is 12.1. The summed E-state index contributed by atoms with van der Waals surface area (Å²) in [5.41, 5.74) is 1.41. The van der Waals surface area contributed by atoms with Gasteiger partial charge in [0.15, 0.2) is 0 Å². The maximum absolute atomic E-state index is 12.3. The van der Waals surface area contributed by atoms with Gasteiger partial charge in [-0.2, -0.15) is 0 Å². The Hall–Kier alpha value is -3.55. The van der Waals surface area contributed by atoms with Gasteiger partial charge >= 0.3 is 6.09 Å². The number of amides is 2. The number of aromatic nitrogens is 2. The fourth-order valence-electron chi connectivity index (χ4n) is 4.70. The summed E-state index contributed by atoms with van der Waals surface area (Å²) in [6, 6.07) is 11.4. The molecule has 1 aliphatic rings. The molecule has 3 heterocycles. The predicted octanol–water partition coefficient (Wildman–Crippen LogP) is 5.10. The van der Waals surface area contributed by atoms with Crippen molar-refractivity contribution in [2.24, 2.45) is 5.41 Å². The lowest BCUT2D eigenvalue weighted by Crippen LogP contribution is -2.53. The van der Waals surface area contributed by atoms with E-state index in [4.69, 9.17) is 4.74 Å². The molecule has 1 saturated heterocycles. The molecule has 2 N–H and O–H groups in total. The zero-order valence-electron chi connectivity index (χ0n) is 21.0. The average Bonchev–Trinajstić information content (AvgIpc) is 3.21. The first-order valence-electron chi connectivity index (χ1n) is 12.1. The highest BCUT2D eigenvalue weighted by atomic mass is 16.5. The summed E-state index contributed by atoms with van der Waals surface area (Å²) >= 11 is 0. The maximum atomic E-state index is 12.3. The van der Waals surface area contributed by atoms with Crippen LogP contribution < -0.4 is 10.1 Å². The normalized spacial score (nSPS) is 18.6. The summed E-state index contributed by atoms with van der Waals surface area (Å²) in [5, 5.41) is 13.5. The van der Waals surface area contributed by atoms with Gasteiger partial charge in [-0.25, -0.2) is 9.78 Å². The van der Waals surface area contributed by atoms with Crippen molar-refractivity contribution in [3.63, 3.8) is 0 Å². The first-order chi connectivity index (χ1) is 16.5. The molecular weight excluding hydrogens is 444 g/mol. The molecule has 1 aliphatic heterocycles. The molecule has 35 heavy (non-hydrogen) atoms. The molecular formula is C27H34N4O4. The minimum absolute atomic E-state index is 0.0645. The highest BCUT2D eigenvalue weighted by Gasteiger charge is 2.39. The molecule has 186 valence electrons. The van der Waals surface area contributed by atoms with Crippen LogP contribution in [0.2, 0.25) is 0 Å². The summed E-state index contributed by atoms with van der Waals surface area (Å²) in [5.74, 6) is 1.33. The topological polar surface area (TPSA) is 96.7 Å². The van der Waals surface area contributed by atoms with Gasteiger partial charge < -0.3 is 24.6 Å². The van der Waals surface area contributed by atoms with Crippen LogP contribution in [0.3, 0.4) is 0 Å². The number of benzene rings is 1. The lowest BCUT2D eigenvalue weighted by Gasteiger charge is -2.44. The molecule has 8 nitrogen and oxygen atoms in total. The van der Waals surface area contributed by atoms with E-state index in [1.54, 1.807) is 6.20 Å². The molecule has 0 spiro atoms. The van der Waals surface area contributed by atoms with Crippen molar-refractivity contribution in [2.75, 3.05) is 6.54 Å². The number of carbonyl (C=O) groups is 2. The molecule has 2 aromatic heterocycles. The Morgan fingerprint density at radius 3 is 2.57 bits per heavy atom. The molecule has 0 radical (unpaired) electrons. The number of hydrogen-bond acceptors (Lipinski definition) is 4. The van der Waals surface area contributed by atoms with Gasteiger partial charge in [0.1, 0.15) is 17.7 Å². The van der Waals surface area contributed by atoms with Crippen molar-refractivity contribution in [1.29, 1.82) is 0 Å². The molecule has 2 unspecified atom stereocenters. The SMILES string of the molecule is CC(C)NC(=O)c1ccc2c(ccn2-c2ccc(OC3CCN(C(=O)O)C(C(C)(C)C)C3)cn2)c1. The number of piperidine rings is 1. The second kappa shape index (κ2) is 9.60. The first kappa shape index (κ1) is 24.6. The van der Waals surface area contributed by atoms with Gasteiger partial charge in [0.05, 0.1) is 11.7 Å². The van der Waals surface area contributed by atoms with Gasteiger partial charge in [-0.1, -0.05) is 20.8 Å². The summed E-state index contributed by atoms with van der Waals surface area (Å²) in [7, 11) is 0. The van der Waals surface area contributed by atoms with Crippen molar-refractivity contribution in [3.05, 3.63) is 54.4 Å². The number of rotatable bonds is 5. The van der Waals surface area contributed by atoms with E-state index in [-0.39, 0.29) is 29.5 Å². The molecule has 0 saturated carbocycles. The van der Waals surface area contributed by atoms with Crippen LogP contribution in [0.4, 0.5) is 4.79 Å². The molecule has 3 aromatic rings. The van der Waals surface area contributed by atoms with Crippen molar-refractivity contribution in [2.45, 2.75) is 65.6 Å². The Kier molecular flexibility index (Phi) is 6.74. The maximum Gasteiger partial charge on any atom is 0.407 e. The number of carbonyl (C=O) groups excluding carboxylic acids is 1. The second-order valence-electron chi connectivity index (χ2n) is 10.6. The lowest BCUT2D eigenvalue weighted by atomic mass is 9.80. The molecule has 4 rings (SSSR count). The largest absolute Gasteiger partial charge is 0.489 e. The molecule has 8 heteroatoms. The van der Waals surface area contributed by atoms with Crippen molar-refractivity contribution >= 4 is 22.9 Å². The van der Waals surface area contributed by atoms with Crippen LogP contribution in [0, 0.1) is 5.41 Å². The Bertz CT molecular complexity index is 1210. The van der Waals surface area contributed by atoms with Crippen LogP contribution in [0.15, 0.2) is 48.8 Å². The summed E-state index contributed by atoms with van der Waals surface area (Å²) in [4.78, 5) is 30.1. The van der Waals surface area contributed by atoms with Crippen LogP contribution in [0.5, 0.6) is 5.75 Å². The van der Waals surface area contributed by atoms with Crippen LogP contribution in [-0.2, 0) is 0 Å². The number of likely N-dealkylation sites (tertiary alicyclic amines) is 1. The molecule has 1 aromatic carbocycles. The Labute approximate surface area is 205 Å². The van der Waals surface area contributed by atoms with Crippen molar-refractivity contribution in [3.8, 4) is 11.6 Å². The third kappa shape index (κ3) is 5.42. The van der Waals surface area contributed by atoms with E-state index in [1.165, 1.54) is 4.90 Å². The average molecular weight is 479 g/mol. The fourth-order valence-corrected chi connectivity index (χ4v) is 4.70. The summed E-state index contributed by atoms with van der Waals surface area (Å²) < 4.78 is 8.18. The van der Waals surface area contributed by atoms with E-state index in [0.717, 1.165) is 16.7 Å². The zero-order chi connectivity index (χ0) is 25.3. The third-order valence-electron chi connectivity index (χ3n) is 6.44. The minimum Gasteiger partial charge on any atom is -0.489 e. The molecule has 2 atom stereocenters. The van der Waals surface area contributed by atoms with E-state index in [0.29, 0.717) is 30.7 Å². The fraction of sp³-hybridized carbons (Fsp3) is 0.444. The van der Waals surface area contributed by atoms with E-state index in [2.05, 4.69) is 31.1 Å². The number of pyridine rings is 1. The molecule has 2 amide bonds. The van der Waals surface area contributed by atoms with Gasteiger partial charge in [-0.3, -0.25) is 4.79 Å². The number of fused-ring (bicyclic) bond motifs is 1. The molecule has 0 aliphatic carbocycles. The third-order valence-corrected chi connectivity index (χ3v) is 6.44. The van der Waals surface area contributed by atoms with Gasteiger partial charge in [-0.15, -0.1) is 0 Å². The predicted molar refractivity (Wildman–Crippen MR) is 135 cm³/mol. The van der Waals surface area contributed by atoms with Crippen LogP contribution in [-0.4, -0.2) is 56.3 Å². The van der Waals surface area contributed by atoms with Crippen LogP contribution >= 0.6 is 0 Å². The molecule has 1 fully saturated rings. The number of nitrogens with zero attached hydrogens (tertiary/aromatic N) is 3. The van der Waals surface area contributed by atoms with Gasteiger partial charge in [-0.05, 0) is 55.7 Å². The number of nitrogens with one attached hydrogen (secondary N) is 1. The van der Waals surface area contributed by atoms with Gasteiger partial charge in [0, 0.05) is 48.6 Å². The van der Waals surface area contributed by atoms with Gasteiger partial charge in [0.25, 0.3) is 5.91 Å². The Morgan fingerprint density at radius 2 is 1.94 bits per heavy atom. The number of carboxylic acid groups (broad SMARTS) is 1. The van der Waals surface area contributed by atoms with Gasteiger partial charge in [0.2, 0.25) is 0 Å². The van der Waals surface area contributed by atoms with Crippen LogP contribution in [0.1, 0.15) is 57.8 Å². The standard InChI is InChI=1S/C27H34N4O4/c1-17(2)29-25(32)19-6-8-22-18(14-19)10-12-30(22)24-9-7-21(16-28-24)35-20-11-13-31(26(33)34)23(15-20)27(3,4)5/h6-10,12,14,16-17,20,23H,11,13,15H2,1-5H3,(H,29,32)(H,33,34). The van der Waals surface area contributed by atoms with E-state index < -0.39 is 6.09 Å². The Morgan fingerprint density at radius 1 is 1.17 bits per heavy atom. The smallest absolute Gasteiger partial charge is 0.407 e. The Balaban J connectivity index is 1.47. The highest BCUT2D eigenvalue weighted by Crippen LogP contribution is 2.33. The number of hydrogen-bond donors (Lipinski definition) is 2.